The molecule has 0 radical (unpaired) electrons. The number of hydrogen-bond donors (Lipinski definition) is 1. The Bertz CT molecular complexity index is 1390. The number of fused-ring (bicyclic) bond motifs is 1. The Kier molecular flexibility index (Phi) is 5.71. The van der Waals surface area contributed by atoms with Gasteiger partial charge in [0.15, 0.2) is 9.84 Å². The Hall–Kier alpha value is -3.29. The first-order valence-corrected chi connectivity index (χ1v) is 11.7. The highest BCUT2D eigenvalue weighted by atomic mass is 35.5. The summed E-state index contributed by atoms with van der Waals surface area (Å²) in [6.07, 6.45) is 4.55. The summed E-state index contributed by atoms with van der Waals surface area (Å²) >= 11 is 5.99. The van der Waals surface area contributed by atoms with E-state index in [-0.39, 0.29) is 23.0 Å². The average molecular weight is 452 g/mol. The number of sulfone groups is 1. The first-order valence-electron chi connectivity index (χ1n) is 9.39. The van der Waals surface area contributed by atoms with E-state index < -0.39 is 9.84 Å². The quantitative estimate of drug-likeness (QED) is 0.489. The Morgan fingerprint density at radius 2 is 1.81 bits per heavy atom. The maximum atomic E-state index is 12.7. The van der Waals surface area contributed by atoms with Gasteiger partial charge in [-0.2, -0.15) is 0 Å². The van der Waals surface area contributed by atoms with Crippen molar-refractivity contribution >= 4 is 38.2 Å². The highest BCUT2D eigenvalue weighted by Gasteiger charge is 2.13. The van der Waals surface area contributed by atoms with E-state index in [4.69, 9.17) is 11.6 Å². The van der Waals surface area contributed by atoms with Crippen LogP contribution in [0.15, 0.2) is 78.0 Å². The van der Waals surface area contributed by atoms with Crippen molar-refractivity contribution in [3.8, 4) is 11.1 Å². The highest BCUT2D eigenvalue weighted by molar-refractivity contribution is 7.90. The first kappa shape index (κ1) is 21.0. The third-order valence-corrected chi connectivity index (χ3v) is 6.13. The van der Waals surface area contributed by atoms with Crippen LogP contribution in [0.5, 0.6) is 0 Å². The zero-order valence-corrected chi connectivity index (χ0v) is 18.1. The number of hydrogen-bond acceptors (Lipinski definition) is 5. The molecule has 8 heteroatoms. The molecular weight excluding hydrogens is 434 g/mol. The number of nitrogens with zero attached hydrogens (tertiary/aromatic N) is 2. The number of benzene rings is 2. The molecule has 0 aliphatic rings. The van der Waals surface area contributed by atoms with Gasteiger partial charge in [-0.05, 0) is 47.5 Å². The minimum absolute atomic E-state index is 0.183. The van der Waals surface area contributed by atoms with Gasteiger partial charge >= 0.3 is 0 Å². The molecule has 2 aromatic heterocycles. The van der Waals surface area contributed by atoms with Crippen molar-refractivity contribution in [1.82, 2.24) is 15.3 Å². The van der Waals surface area contributed by atoms with Gasteiger partial charge in [0.25, 0.3) is 5.91 Å². The van der Waals surface area contributed by atoms with Crippen LogP contribution in [0, 0.1) is 0 Å². The Balaban J connectivity index is 1.60. The van der Waals surface area contributed by atoms with Gasteiger partial charge in [0, 0.05) is 41.2 Å². The summed E-state index contributed by atoms with van der Waals surface area (Å²) in [4.78, 5) is 21.8. The lowest BCUT2D eigenvalue weighted by atomic mass is 10.0. The van der Waals surface area contributed by atoms with E-state index in [1.165, 1.54) is 6.07 Å². The number of pyridine rings is 2. The fourth-order valence-electron chi connectivity index (χ4n) is 3.17. The largest absolute Gasteiger partial charge is 0.347 e. The van der Waals surface area contributed by atoms with Crippen molar-refractivity contribution in [2.45, 2.75) is 11.4 Å². The molecule has 0 saturated heterocycles. The molecule has 0 fully saturated rings. The molecule has 0 spiro atoms. The van der Waals surface area contributed by atoms with Crippen LogP contribution in [0.25, 0.3) is 22.0 Å². The van der Waals surface area contributed by atoms with Gasteiger partial charge in [0.1, 0.15) is 5.69 Å². The summed E-state index contributed by atoms with van der Waals surface area (Å²) in [6, 6.07) is 17.2. The van der Waals surface area contributed by atoms with E-state index >= 15 is 0 Å². The van der Waals surface area contributed by atoms with Crippen molar-refractivity contribution in [3.05, 3.63) is 89.3 Å². The molecule has 1 amide bonds. The molecule has 0 aliphatic heterocycles. The third-order valence-electron chi connectivity index (χ3n) is 4.77. The molecule has 1 N–H and O–H groups in total. The number of aromatic nitrogens is 2. The van der Waals surface area contributed by atoms with Crippen molar-refractivity contribution in [2.75, 3.05) is 6.26 Å². The van der Waals surface area contributed by atoms with Crippen LogP contribution >= 0.6 is 11.6 Å². The fraction of sp³-hybridized carbons (Fsp3) is 0.0870. The summed E-state index contributed by atoms with van der Waals surface area (Å²) in [5, 5.41) is 4.24. The van der Waals surface area contributed by atoms with E-state index in [0.29, 0.717) is 16.1 Å². The molecule has 4 rings (SSSR count). The summed E-state index contributed by atoms with van der Waals surface area (Å²) in [7, 11) is -3.31. The van der Waals surface area contributed by atoms with E-state index in [1.807, 2.05) is 12.1 Å². The molecule has 2 heterocycles. The molecule has 4 aromatic rings. The lowest BCUT2D eigenvalue weighted by Crippen LogP contribution is -2.24. The Morgan fingerprint density at radius 1 is 1.03 bits per heavy atom. The van der Waals surface area contributed by atoms with E-state index in [1.54, 1.807) is 54.9 Å². The average Bonchev–Trinajstić information content (AvgIpc) is 2.77. The van der Waals surface area contributed by atoms with Crippen molar-refractivity contribution in [1.29, 1.82) is 0 Å². The van der Waals surface area contributed by atoms with Crippen LogP contribution in [0.2, 0.25) is 5.02 Å². The maximum absolute atomic E-state index is 12.7. The van der Waals surface area contributed by atoms with Crippen LogP contribution in [0.4, 0.5) is 0 Å². The van der Waals surface area contributed by atoms with Crippen LogP contribution in [0.3, 0.4) is 0 Å². The molecule has 6 nitrogen and oxygen atoms in total. The normalized spacial score (nSPS) is 11.4. The zero-order chi connectivity index (χ0) is 22.0. The van der Waals surface area contributed by atoms with Gasteiger partial charge in [-0.1, -0.05) is 35.9 Å². The minimum Gasteiger partial charge on any atom is -0.347 e. The SMILES string of the molecule is CS(=O)(=O)c1cccc(CNC(=O)c2ccc3cncc(-c4ccc(Cl)cc4)c3n2)c1. The van der Waals surface area contributed by atoms with Gasteiger partial charge in [-0.15, -0.1) is 0 Å². The molecule has 0 bridgehead atoms. The maximum Gasteiger partial charge on any atom is 0.270 e. The molecule has 156 valence electrons. The molecule has 0 aliphatic carbocycles. The number of rotatable bonds is 5. The van der Waals surface area contributed by atoms with Crippen molar-refractivity contribution in [3.63, 3.8) is 0 Å². The van der Waals surface area contributed by atoms with Crippen LogP contribution in [0.1, 0.15) is 16.1 Å². The Labute approximate surface area is 184 Å². The monoisotopic (exact) mass is 451 g/mol. The van der Waals surface area contributed by atoms with Gasteiger partial charge < -0.3 is 5.32 Å². The minimum atomic E-state index is -3.31. The summed E-state index contributed by atoms with van der Waals surface area (Å²) in [5.74, 6) is -0.356. The van der Waals surface area contributed by atoms with Gasteiger partial charge in [0.2, 0.25) is 0 Å². The van der Waals surface area contributed by atoms with E-state index in [0.717, 1.165) is 22.8 Å². The van der Waals surface area contributed by atoms with Gasteiger partial charge in [0.05, 0.1) is 10.4 Å². The van der Waals surface area contributed by atoms with Gasteiger partial charge in [-0.3, -0.25) is 9.78 Å². The summed E-state index contributed by atoms with van der Waals surface area (Å²) < 4.78 is 23.5. The summed E-state index contributed by atoms with van der Waals surface area (Å²) in [6.45, 7) is 0.183. The lowest BCUT2D eigenvalue weighted by Gasteiger charge is -2.09. The van der Waals surface area contributed by atoms with Crippen LogP contribution in [-0.2, 0) is 16.4 Å². The van der Waals surface area contributed by atoms with E-state index in [9.17, 15) is 13.2 Å². The molecule has 0 unspecified atom stereocenters. The number of halogens is 1. The first-order chi connectivity index (χ1) is 14.8. The highest BCUT2D eigenvalue weighted by Crippen LogP contribution is 2.27. The predicted molar refractivity (Wildman–Crippen MR) is 121 cm³/mol. The number of carbonyl (C=O) groups excluding carboxylic acids is 1. The number of nitrogens with one attached hydrogen (secondary N) is 1. The smallest absolute Gasteiger partial charge is 0.270 e. The second kappa shape index (κ2) is 8.45. The molecular formula is C23H18ClN3O3S. The lowest BCUT2D eigenvalue weighted by molar-refractivity contribution is 0.0946. The number of carbonyl (C=O) groups is 1. The second-order valence-corrected chi connectivity index (χ2v) is 9.52. The summed E-state index contributed by atoms with van der Waals surface area (Å²) in [5.41, 5.74) is 3.29. The predicted octanol–water partition coefficient (Wildman–Crippen LogP) is 4.28. The topological polar surface area (TPSA) is 89.0 Å². The molecule has 0 atom stereocenters. The van der Waals surface area contributed by atoms with Crippen molar-refractivity contribution in [2.24, 2.45) is 0 Å². The standard InChI is InChI=1S/C23H18ClN3O3S/c1-31(29,30)19-4-2-3-15(11-19)12-26-23(28)21-10-7-17-13-25-14-20(22(17)27-21)16-5-8-18(24)9-6-16/h2-11,13-14H,12H2,1H3,(H,26,28). The van der Waals surface area contributed by atoms with Crippen molar-refractivity contribution < 1.29 is 13.2 Å². The van der Waals surface area contributed by atoms with Crippen LogP contribution < -0.4 is 5.32 Å². The number of amides is 1. The molecule has 2 aromatic carbocycles. The molecule has 0 saturated carbocycles. The molecule has 31 heavy (non-hydrogen) atoms. The van der Waals surface area contributed by atoms with E-state index in [2.05, 4.69) is 15.3 Å². The zero-order valence-electron chi connectivity index (χ0n) is 16.5. The fourth-order valence-corrected chi connectivity index (χ4v) is 3.99. The Morgan fingerprint density at radius 3 is 2.55 bits per heavy atom. The van der Waals surface area contributed by atoms with Gasteiger partial charge in [-0.25, -0.2) is 13.4 Å². The third kappa shape index (κ3) is 4.73. The van der Waals surface area contributed by atoms with Crippen LogP contribution in [-0.4, -0.2) is 30.5 Å². The second-order valence-electron chi connectivity index (χ2n) is 7.06.